The highest BCUT2D eigenvalue weighted by Crippen LogP contribution is 2.47. The lowest BCUT2D eigenvalue weighted by Crippen LogP contribution is -2.50. The number of fused-ring (bicyclic) bond motifs is 9. The average Bonchev–Trinajstić information content (AvgIpc) is 1.69. The van der Waals surface area contributed by atoms with Crippen molar-refractivity contribution in [3.63, 3.8) is 0 Å². The second-order valence-corrected chi connectivity index (χ2v) is 25.4. The van der Waals surface area contributed by atoms with E-state index in [0.29, 0.717) is 43.0 Å². The molecule has 0 fully saturated rings. The first-order chi connectivity index (χ1) is 43.4. The summed E-state index contributed by atoms with van der Waals surface area (Å²) in [5, 5.41) is 40.7. The third kappa shape index (κ3) is 13.8. The number of hydrogen-bond acceptors (Lipinski definition) is 11. The van der Waals surface area contributed by atoms with Gasteiger partial charge >= 0.3 is 0 Å². The van der Waals surface area contributed by atoms with Crippen LogP contribution in [0.2, 0.25) is 0 Å². The van der Waals surface area contributed by atoms with Crippen LogP contribution in [0.3, 0.4) is 0 Å². The molecule has 21 heteroatoms. The molecule has 0 aliphatic carbocycles. The number of aromatic nitrogens is 5. The number of H-pyrrole nitrogens is 3. The van der Waals surface area contributed by atoms with Gasteiger partial charge in [0.25, 0.3) is 0 Å². The molecule has 8 heterocycles. The van der Waals surface area contributed by atoms with Crippen molar-refractivity contribution in [2.24, 2.45) is 0 Å². The van der Waals surface area contributed by atoms with Crippen LogP contribution in [0, 0.1) is 23.4 Å². The zero-order valence-corrected chi connectivity index (χ0v) is 53.1. The molecule has 0 saturated heterocycles. The van der Waals surface area contributed by atoms with Crippen molar-refractivity contribution in [1.29, 1.82) is 0 Å². The molecule has 9 unspecified atom stereocenters. The van der Waals surface area contributed by atoms with Gasteiger partial charge < -0.3 is 46.2 Å². The summed E-state index contributed by atoms with van der Waals surface area (Å²) in [6, 6.07) is 29.3. The summed E-state index contributed by atoms with van der Waals surface area (Å²) >= 11 is 0. The van der Waals surface area contributed by atoms with Crippen LogP contribution in [0.1, 0.15) is 131 Å². The summed E-state index contributed by atoms with van der Waals surface area (Å²) < 4.78 is 106. The van der Waals surface area contributed by atoms with Crippen LogP contribution in [0.4, 0.5) is 48.1 Å². The van der Waals surface area contributed by atoms with Gasteiger partial charge in [0.2, 0.25) is 5.95 Å². The van der Waals surface area contributed by atoms with Crippen LogP contribution in [0.25, 0.3) is 32.7 Å². The van der Waals surface area contributed by atoms with Crippen LogP contribution >= 0.6 is 0 Å². The Hall–Kier alpha value is -7.53. The van der Waals surface area contributed by atoms with Gasteiger partial charge in [-0.3, -0.25) is 14.7 Å². The number of nitrogens with zero attached hydrogens (tertiary/aromatic N) is 5. The van der Waals surface area contributed by atoms with E-state index in [1.807, 2.05) is 101 Å². The molecule has 5 aromatic heterocycles. The predicted molar refractivity (Wildman–Crippen MR) is 347 cm³/mol. The van der Waals surface area contributed by atoms with E-state index in [0.717, 1.165) is 68.5 Å². The van der Waals surface area contributed by atoms with Gasteiger partial charge in [0.05, 0.1) is 43.5 Å². The molecule has 0 radical (unpaired) electrons. The summed E-state index contributed by atoms with van der Waals surface area (Å²) in [4.78, 5) is 24.3. The summed E-state index contributed by atoms with van der Waals surface area (Å²) in [6.07, 6.45) is 3.90. The standard InChI is InChI=1S/C24H28F3N3O.C23H27F3N4O.C23H29FN4O/c1-4-28-15-10-18(25)21(19(26)11-15)23-22-17(16-7-5-6-8-20(16)29-22)9-14(2)30(23)12-24(3,27)13-31;1-4-27-18-10-16(24)19(22(25)29-18)21-20-15(14-7-5-6-8-17(14)28-20)9-13(2)30(21)11-23(3,26)12-31;1-4-25-20-10-9-16(12-26-20)22-21-18(17-7-5-6-8-19(17)27-21)11-15(2)28(22)13-23(3,24)14-29/h5-8,10-11,14,23,28-29,31H,4,9,12-13H2,1-3H3;5-8,10,13,21,28,31H,4,9,11-12H2,1-3H3,(H,27,29);5-10,12,15,22,27,29H,4,11,13-14H2,1-3H3,(H,25,26). The normalized spacial score (nSPS) is 21.3. The number of aromatic amines is 3. The van der Waals surface area contributed by atoms with Crippen LogP contribution in [-0.2, 0) is 19.3 Å². The van der Waals surface area contributed by atoms with Gasteiger partial charge in [-0.25, -0.2) is 36.3 Å². The van der Waals surface area contributed by atoms with Gasteiger partial charge in [-0.15, -0.1) is 0 Å². The van der Waals surface area contributed by atoms with Gasteiger partial charge in [-0.1, -0.05) is 60.7 Å². The van der Waals surface area contributed by atoms with Crippen molar-refractivity contribution in [2.45, 2.75) is 135 Å². The largest absolute Gasteiger partial charge is 0.393 e. The molecule has 3 aliphatic rings. The van der Waals surface area contributed by atoms with Gasteiger partial charge in [0.15, 0.2) is 0 Å². The fourth-order valence-corrected chi connectivity index (χ4v) is 13.5. The fraction of sp³-hybridized carbons (Fsp3) is 0.429. The molecule has 14 nitrogen and oxygen atoms in total. The Morgan fingerprint density at radius 3 is 1.25 bits per heavy atom. The molecule has 0 saturated carbocycles. The Bertz CT molecular complexity index is 3760. The minimum atomic E-state index is -1.93. The number of benzene rings is 4. The molecular formula is C70H84F7N11O3. The minimum absolute atomic E-state index is 0.110. The van der Waals surface area contributed by atoms with Crippen molar-refractivity contribution in [3.8, 4) is 0 Å². The van der Waals surface area contributed by atoms with E-state index >= 15 is 17.6 Å². The number of hydrogen-bond donors (Lipinski definition) is 9. The summed E-state index contributed by atoms with van der Waals surface area (Å²) in [5.41, 5.74) is 3.97. The molecule has 12 rings (SSSR count). The number of aliphatic hydroxyl groups excluding tert-OH is 3. The van der Waals surface area contributed by atoms with E-state index in [9.17, 15) is 28.5 Å². The number of alkyl halides is 3. The monoisotopic (exact) mass is 1260 g/mol. The fourth-order valence-electron chi connectivity index (χ4n) is 13.5. The van der Waals surface area contributed by atoms with Crippen LogP contribution in [0.15, 0.2) is 109 Å². The van der Waals surface area contributed by atoms with Gasteiger partial charge in [-0.2, -0.15) is 4.39 Å². The van der Waals surface area contributed by atoms with Crippen LogP contribution in [0.5, 0.6) is 0 Å². The molecule has 0 spiro atoms. The van der Waals surface area contributed by atoms with E-state index in [-0.39, 0.29) is 60.7 Å². The Balaban J connectivity index is 0.000000150. The quantitative estimate of drug-likeness (QED) is 0.0295. The van der Waals surface area contributed by atoms with Crippen molar-refractivity contribution in [1.82, 2.24) is 39.6 Å². The molecular weight excluding hydrogens is 1180 g/mol. The van der Waals surface area contributed by atoms with E-state index < -0.39 is 72.3 Å². The average molecular weight is 1260 g/mol. The maximum Gasteiger partial charge on any atom is 0.222 e. The van der Waals surface area contributed by atoms with Gasteiger partial charge in [-0.05, 0) is 140 Å². The second kappa shape index (κ2) is 27.4. The van der Waals surface area contributed by atoms with Crippen molar-refractivity contribution in [3.05, 3.63) is 183 Å². The van der Waals surface area contributed by atoms with Crippen LogP contribution in [-0.4, -0.2) is 149 Å². The Kier molecular flexibility index (Phi) is 20.0. The van der Waals surface area contributed by atoms with E-state index in [1.54, 1.807) is 9.80 Å². The van der Waals surface area contributed by atoms with E-state index in [1.165, 1.54) is 49.9 Å². The molecule has 486 valence electrons. The number of rotatable bonds is 18. The van der Waals surface area contributed by atoms with Gasteiger partial charge in [0.1, 0.15) is 46.1 Å². The summed E-state index contributed by atoms with van der Waals surface area (Å²) in [6.45, 7) is 15.5. The smallest absolute Gasteiger partial charge is 0.222 e. The first-order valence-corrected chi connectivity index (χ1v) is 31.4. The summed E-state index contributed by atoms with van der Waals surface area (Å²) in [5.74, 6) is -2.12. The number of pyridine rings is 2. The highest BCUT2D eigenvalue weighted by atomic mass is 19.2. The Labute approximate surface area is 526 Å². The molecule has 9 N–H and O–H groups in total. The zero-order chi connectivity index (χ0) is 65.3. The highest BCUT2D eigenvalue weighted by molar-refractivity contribution is 5.87. The Morgan fingerprint density at radius 1 is 0.495 bits per heavy atom. The number of anilines is 3. The van der Waals surface area contributed by atoms with Crippen LogP contribution < -0.4 is 16.0 Å². The first-order valence-electron chi connectivity index (χ1n) is 31.4. The maximum atomic E-state index is 15.3. The molecule has 9 atom stereocenters. The molecule has 3 aliphatic heterocycles. The molecule has 91 heavy (non-hydrogen) atoms. The molecule has 0 amide bonds. The lowest BCUT2D eigenvalue weighted by atomic mass is 9.87. The molecule has 0 bridgehead atoms. The van der Waals surface area contributed by atoms with Gasteiger partial charge in [0, 0.05) is 131 Å². The third-order valence-corrected chi connectivity index (χ3v) is 17.9. The van der Waals surface area contributed by atoms with Crippen molar-refractivity contribution < 1.29 is 46.1 Å². The van der Waals surface area contributed by atoms with E-state index in [4.69, 9.17) is 0 Å². The lowest BCUT2D eigenvalue weighted by molar-refractivity contribution is 0.0161. The SMILES string of the molecule is CCNc1cc(F)c(C2c3[nH]c4ccccc4c3CC(C)N2CC(C)(F)CO)c(F)c1.CCNc1cc(F)c(C2c3[nH]c4ccccc4c3CC(C)N2CC(C)(F)CO)c(F)n1.CCNc1ccc(C2c3[nH]c4ccccc4c3CC(C)N2CC(C)(F)CO)cn1. The Morgan fingerprint density at radius 2 is 0.868 bits per heavy atom. The predicted octanol–water partition coefficient (Wildman–Crippen LogP) is 13.3. The summed E-state index contributed by atoms with van der Waals surface area (Å²) in [7, 11) is 0. The number of aliphatic hydroxyl groups is 3. The number of halogens is 7. The van der Waals surface area contributed by atoms with E-state index in [2.05, 4.69) is 77.0 Å². The van der Waals surface area contributed by atoms with Crippen molar-refractivity contribution in [2.75, 3.05) is 75.0 Å². The second-order valence-electron chi connectivity index (χ2n) is 25.4. The number of para-hydroxylation sites is 3. The third-order valence-electron chi connectivity index (χ3n) is 17.9. The highest BCUT2D eigenvalue weighted by Gasteiger charge is 2.45. The molecule has 4 aromatic carbocycles. The lowest BCUT2D eigenvalue weighted by Gasteiger charge is -2.43. The van der Waals surface area contributed by atoms with Crippen molar-refractivity contribution >= 4 is 50.0 Å². The first kappa shape index (κ1) is 66.4. The molecule has 9 aromatic rings. The minimum Gasteiger partial charge on any atom is -0.393 e. The maximum absolute atomic E-state index is 15.3. The zero-order valence-electron chi connectivity index (χ0n) is 53.1. The number of nitrogens with one attached hydrogen (secondary N) is 6. The topological polar surface area (TPSA) is 180 Å².